The minimum Gasteiger partial charge on any atom is -0.356 e. The molecule has 0 aliphatic carbocycles. The number of para-hydroxylation sites is 1. The van der Waals surface area contributed by atoms with Gasteiger partial charge < -0.3 is 5.32 Å². The SMILES string of the molecule is CC(=O)NCCSc1nc(C(F)(F)F)nc2ccccc12. The van der Waals surface area contributed by atoms with Gasteiger partial charge in [0, 0.05) is 24.6 Å². The highest BCUT2D eigenvalue weighted by atomic mass is 32.2. The lowest BCUT2D eigenvalue weighted by molar-refractivity contribution is -0.145. The number of amides is 1. The van der Waals surface area contributed by atoms with E-state index < -0.39 is 12.0 Å². The van der Waals surface area contributed by atoms with E-state index >= 15 is 0 Å². The third-order valence-electron chi connectivity index (χ3n) is 2.54. The smallest absolute Gasteiger partial charge is 0.356 e. The van der Waals surface area contributed by atoms with Crippen LogP contribution in [0.25, 0.3) is 10.9 Å². The molecule has 1 aromatic heterocycles. The number of halogens is 3. The van der Waals surface area contributed by atoms with Crippen LogP contribution in [-0.2, 0) is 11.0 Å². The zero-order valence-corrected chi connectivity index (χ0v) is 11.9. The van der Waals surface area contributed by atoms with Crippen molar-refractivity contribution in [1.82, 2.24) is 15.3 Å². The van der Waals surface area contributed by atoms with E-state index in [9.17, 15) is 18.0 Å². The third kappa shape index (κ3) is 4.07. The van der Waals surface area contributed by atoms with Crippen LogP contribution in [0.2, 0.25) is 0 Å². The van der Waals surface area contributed by atoms with Crippen molar-refractivity contribution in [3.05, 3.63) is 30.1 Å². The molecule has 2 aromatic rings. The molecule has 8 heteroatoms. The average molecular weight is 315 g/mol. The van der Waals surface area contributed by atoms with E-state index in [2.05, 4.69) is 15.3 Å². The largest absolute Gasteiger partial charge is 0.451 e. The number of rotatable bonds is 4. The van der Waals surface area contributed by atoms with Crippen molar-refractivity contribution >= 4 is 28.6 Å². The van der Waals surface area contributed by atoms with Crippen LogP contribution >= 0.6 is 11.8 Å². The highest BCUT2D eigenvalue weighted by molar-refractivity contribution is 7.99. The first-order chi connectivity index (χ1) is 9.88. The van der Waals surface area contributed by atoms with Crippen LogP contribution < -0.4 is 5.32 Å². The monoisotopic (exact) mass is 315 g/mol. The second-order valence-electron chi connectivity index (χ2n) is 4.20. The van der Waals surface area contributed by atoms with Crippen LogP contribution in [0.4, 0.5) is 13.2 Å². The van der Waals surface area contributed by atoms with Crippen molar-refractivity contribution in [2.24, 2.45) is 0 Å². The first kappa shape index (κ1) is 15.6. The Kier molecular flexibility index (Phi) is 4.66. The molecule has 1 amide bonds. The van der Waals surface area contributed by atoms with Gasteiger partial charge in [0.15, 0.2) is 0 Å². The molecule has 1 N–H and O–H groups in total. The van der Waals surface area contributed by atoms with E-state index in [0.29, 0.717) is 17.7 Å². The van der Waals surface area contributed by atoms with Crippen molar-refractivity contribution in [3.63, 3.8) is 0 Å². The molecule has 1 aromatic carbocycles. The van der Waals surface area contributed by atoms with E-state index in [-0.39, 0.29) is 16.4 Å². The maximum atomic E-state index is 12.8. The maximum absolute atomic E-state index is 12.8. The van der Waals surface area contributed by atoms with E-state index in [1.165, 1.54) is 13.0 Å². The number of aromatic nitrogens is 2. The molecule has 1 heterocycles. The summed E-state index contributed by atoms with van der Waals surface area (Å²) >= 11 is 1.16. The third-order valence-corrected chi connectivity index (χ3v) is 3.53. The van der Waals surface area contributed by atoms with E-state index in [1.807, 2.05) is 0 Å². The molecular formula is C13H12F3N3OS. The Labute approximate surface area is 123 Å². The normalized spacial score (nSPS) is 11.6. The topological polar surface area (TPSA) is 54.9 Å². The second kappa shape index (κ2) is 6.30. The van der Waals surface area contributed by atoms with Gasteiger partial charge in [-0.1, -0.05) is 18.2 Å². The molecule has 0 aliphatic rings. The molecule has 2 rings (SSSR count). The van der Waals surface area contributed by atoms with E-state index in [4.69, 9.17) is 0 Å². The van der Waals surface area contributed by atoms with Crippen molar-refractivity contribution in [2.75, 3.05) is 12.3 Å². The summed E-state index contributed by atoms with van der Waals surface area (Å²) in [6, 6.07) is 6.54. The number of carbonyl (C=O) groups excluding carboxylic acids is 1. The number of nitrogens with one attached hydrogen (secondary N) is 1. The molecular weight excluding hydrogens is 303 g/mol. The molecule has 0 radical (unpaired) electrons. The van der Waals surface area contributed by atoms with Gasteiger partial charge in [-0.3, -0.25) is 4.79 Å². The Morgan fingerprint density at radius 1 is 1.29 bits per heavy atom. The first-order valence-electron chi connectivity index (χ1n) is 6.09. The molecule has 0 atom stereocenters. The minimum atomic E-state index is -4.59. The fourth-order valence-electron chi connectivity index (χ4n) is 1.66. The standard InChI is InChI=1S/C13H12F3N3OS/c1-8(20)17-6-7-21-11-9-4-2-3-5-10(9)18-12(19-11)13(14,15)16/h2-5H,6-7H2,1H3,(H,17,20). The zero-order chi connectivity index (χ0) is 15.5. The lowest BCUT2D eigenvalue weighted by Crippen LogP contribution is -2.22. The van der Waals surface area contributed by atoms with Crippen LogP contribution in [0.1, 0.15) is 12.7 Å². The molecule has 4 nitrogen and oxygen atoms in total. The molecule has 0 aliphatic heterocycles. The maximum Gasteiger partial charge on any atom is 0.451 e. The van der Waals surface area contributed by atoms with E-state index in [1.54, 1.807) is 18.2 Å². The number of carbonyl (C=O) groups is 1. The van der Waals surface area contributed by atoms with Gasteiger partial charge in [0.1, 0.15) is 5.03 Å². The highest BCUT2D eigenvalue weighted by Crippen LogP contribution is 2.31. The predicted octanol–water partition coefficient (Wildman–Crippen LogP) is 2.88. The van der Waals surface area contributed by atoms with Gasteiger partial charge in [-0.15, -0.1) is 11.8 Å². The summed E-state index contributed by atoms with van der Waals surface area (Å²) in [6.07, 6.45) is -4.59. The fraction of sp³-hybridized carbons (Fsp3) is 0.308. The van der Waals surface area contributed by atoms with E-state index in [0.717, 1.165) is 11.8 Å². The van der Waals surface area contributed by atoms with Gasteiger partial charge in [0.25, 0.3) is 0 Å². The van der Waals surface area contributed by atoms with Crippen LogP contribution in [0.3, 0.4) is 0 Å². The zero-order valence-electron chi connectivity index (χ0n) is 11.1. The number of thioether (sulfide) groups is 1. The number of benzene rings is 1. The Balaban J connectivity index is 2.29. The van der Waals surface area contributed by atoms with Crippen LogP contribution in [0.5, 0.6) is 0 Å². The molecule has 21 heavy (non-hydrogen) atoms. The molecule has 0 fully saturated rings. The molecule has 0 bridgehead atoms. The number of hydrogen-bond acceptors (Lipinski definition) is 4. The van der Waals surface area contributed by atoms with Crippen LogP contribution in [0, 0.1) is 0 Å². The fourth-order valence-corrected chi connectivity index (χ4v) is 2.54. The molecule has 0 spiro atoms. The Morgan fingerprint density at radius 2 is 2.00 bits per heavy atom. The quantitative estimate of drug-likeness (QED) is 0.535. The number of hydrogen-bond donors (Lipinski definition) is 1. The van der Waals surface area contributed by atoms with Crippen LogP contribution in [0.15, 0.2) is 29.3 Å². The summed E-state index contributed by atoms with van der Waals surface area (Å²) in [7, 11) is 0. The lowest BCUT2D eigenvalue weighted by Gasteiger charge is -2.10. The number of nitrogens with zero attached hydrogens (tertiary/aromatic N) is 2. The van der Waals surface area contributed by atoms with Crippen molar-refractivity contribution in [3.8, 4) is 0 Å². The second-order valence-corrected chi connectivity index (χ2v) is 5.28. The Morgan fingerprint density at radius 3 is 2.67 bits per heavy atom. The minimum absolute atomic E-state index is 0.181. The van der Waals surface area contributed by atoms with Crippen LogP contribution in [-0.4, -0.2) is 28.2 Å². The van der Waals surface area contributed by atoms with Gasteiger partial charge >= 0.3 is 6.18 Å². The van der Waals surface area contributed by atoms with Crippen molar-refractivity contribution in [2.45, 2.75) is 18.1 Å². The number of alkyl halides is 3. The molecule has 112 valence electrons. The van der Waals surface area contributed by atoms with Gasteiger partial charge in [0.05, 0.1) is 5.52 Å². The van der Waals surface area contributed by atoms with Gasteiger partial charge in [-0.05, 0) is 6.07 Å². The highest BCUT2D eigenvalue weighted by Gasteiger charge is 2.35. The summed E-state index contributed by atoms with van der Waals surface area (Å²) in [6.45, 7) is 1.74. The first-order valence-corrected chi connectivity index (χ1v) is 7.07. The summed E-state index contributed by atoms with van der Waals surface area (Å²) in [4.78, 5) is 17.9. The average Bonchev–Trinajstić information content (AvgIpc) is 2.42. The van der Waals surface area contributed by atoms with Crippen molar-refractivity contribution in [1.29, 1.82) is 0 Å². The summed E-state index contributed by atoms with van der Waals surface area (Å²) in [5, 5.41) is 3.41. The molecule has 0 unspecified atom stereocenters. The molecule has 0 saturated heterocycles. The summed E-state index contributed by atoms with van der Waals surface area (Å²) < 4.78 is 38.4. The lowest BCUT2D eigenvalue weighted by atomic mass is 10.2. The number of fused-ring (bicyclic) bond motifs is 1. The molecule has 0 saturated carbocycles. The van der Waals surface area contributed by atoms with Gasteiger partial charge in [-0.2, -0.15) is 13.2 Å². The van der Waals surface area contributed by atoms with Crippen molar-refractivity contribution < 1.29 is 18.0 Å². The Bertz CT molecular complexity index is 661. The summed E-state index contributed by atoms with van der Waals surface area (Å²) in [5.41, 5.74) is 0.252. The van der Waals surface area contributed by atoms with Gasteiger partial charge in [0.2, 0.25) is 11.7 Å². The summed E-state index contributed by atoms with van der Waals surface area (Å²) in [5.74, 6) is -0.903. The Hall–Kier alpha value is -1.83. The predicted molar refractivity (Wildman–Crippen MR) is 73.9 cm³/mol. The van der Waals surface area contributed by atoms with Gasteiger partial charge in [-0.25, -0.2) is 9.97 Å².